The van der Waals surface area contributed by atoms with E-state index in [1.54, 1.807) is 0 Å². The van der Waals surface area contributed by atoms with Crippen molar-refractivity contribution in [3.05, 3.63) is 127 Å². The molecule has 8 nitrogen and oxygen atoms in total. The number of rotatable bonds is 39. The van der Waals surface area contributed by atoms with Crippen molar-refractivity contribution in [3.63, 3.8) is 0 Å². The van der Waals surface area contributed by atoms with Gasteiger partial charge < -0.3 is 36.3 Å². The van der Waals surface area contributed by atoms with Crippen LogP contribution in [0, 0.1) is 11.8 Å². The molecule has 0 N–H and O–H groups in total. The van der Waals surface area contributed by atoms with E-state index in [9.17, 15) is 0 Å². The van der Waals surface area contributed by atoms with E-state index >= 15 is 0 Å². The third-order valence-electron chi connectivity index (χ3n) is 23.0. The van der Waals surface area contributed by atoms with Gasteiger partial charge in [0, 0.05) is 30.4 Å². The Morgan fingerprint density at radius 1 is 0.611 bits per heavy atom. The van der Waals surface area contributed by atoms with Crippen molar-refractivity contribution < 1.29 is 36.3 Å². The van der Waals surface area contributed by atoms with Crippen LogP contribution in [0.4, 0.5) is 0 Å². The summed E-state index contributed by atoms with van der Waals surface area (Å²) in [7, 11) is -11.7. The van der Waals surface area contributed by atoms with Crippen LogP contribution in [0.3, 0.4) is 0 Å². The van der Waals surface area contributed by atoms with Crippen LogP contribution in [0.5, 0.6) is 0 Å². The normalized spacial score (nSPS) is 24.1. The highest BCUT2D eigenvalue weighted by Crippen LogP contribution is 2.57. The summed E-state index contributed by atoms with van der Waals surface area (Å²) in [5, 5.41) is 4.73. The summed E-state index contributed by atoms with van der Waals surface area (Å²) in [4.78, 5) is 0. The molecule has 0 radical (unpaired) electrons. The summed E-state index contributed by atoms with van der Waals surface area (Å²) < 4.78 is 63.2. The van der Waals surface area contributed by atoms with Gasteiger partial charge in [0.05, 0.1) is 48.9 Å². The van der Waals surface area contributed by atoms with E-state index in [-0.39, 0.29) is 47.4 Å². The summed E-state index contributed by atoms with van der Waals surface area (Å²) in [5.41, 5.74) is 1.05. The summed E-state index contributed by atoms with van der Waals surface area (Å²) in [6.45, 7) is 53.5. The second-order valence-corrected chi connectivity index (χ2v) is 56.2. The molecule has 15 heteroatoms. The number of benzene rings is 3. The maximum Gasteiger partial charge on any atom is 0.198 e. The van der Waals surface area contributed by atoms with E-state index in [1.807, 2.05) is 13.2 Å². The van der Waals surface area contributed by atoms with Crippen molar-refractivity contribution in [3.8, 4) is 0 Å². The lowest BCUT2D eigenvalue weighted by Gasteiger charge is -2.58. The van der Waals surface area contributed by atoms with Crippen LogP contribution in [0.15, 0.2) is 127 Å². The van der Waals surface area contributed by atoms with Crippen molar-refractivity contribution in [2.24, 2.45) is 11.8 Å². The van der Waals surface area contributed by atoms with Crippen LogP contribution in [-0.2, 0) is 36.3 Å². The fraction of sp³-hybridized carbons (Fsp3) is 0.680. The molecule has 3 aromatic carbocycles. The first-order valence-electron chi connectivity index (χ1n) is 35.7. The molecule has 0 saturated carbocycles. The number of ether oxygens (including phenoxy) is 3. The van der Waals surface area contributed by atoms with E-state index < -0.39 is 72.9 Å². The lowest BCUT2D eigenvalue weighted by Crippen LogP contribution is -2.70. The maximum absolute atomic E-state index is 8.28. The van der Waals surface area contributed by atoms with Gasteiger partial charge in [0.1, 0.15) is 29.3 Å². The topological polar surface area (TPSA) is 73.8 Å². The number of hydrogen-bond donors (Lipinski definition) is 0. The lowest BCUT2D eigenvalue weighted by atomic mass is 9.78. The zero-order valence-electron chi connectivity index (χ0n) is 60.5. The van der Waals surface area contributed by atoms with Crippen molar-refractivity contribution in [1.29, 1.82) is 0 Å². The average molecular weight is 1370 g/mol. The van der Waals surface area contributed by atoms with Gasteiger partial charge in [-0.15, -0.1) is 0 Å². The molecule has 0 amide bonds. The molecule has 508 valence electrons. The van der Waals surface area contributed by atoms with E-state index in [0.717, 1.165) is 104 Å². The average Bonchev–Trinajstić information content (AvgIpc) is 0.762. The van der Waals surface area contributed by atoms with Gasteiger partial charge >= 0.3 is 0 Å². The molecule has 5 rings (SSSR count). The Bertz CT molecular complexity index is 2480. The molecule has 0 aliphatic carbocycles. The van der Waals surface area contributed by atoms with Crippen molar-refractivity contribution in [2.45, 2.75) is 302 Å². The van der Waals surface area contributed by atoms with E-state index in [2.05, 4.69) is 234 Å². The van der Waals surface area contributed by atoms with Gasteiger partial charge in [-0.1, -0.05) is 209 Å². The first kappa shape index (κ1) is 79.1. The van der Waals surface area contributed by atoms with Gasteiger partial charge in [0.25, 0.3) is 0 Å². The SMILES string of the molecule is C=C(Cl)/C=C/[C@H](CC(=C)C[C@H]1O[C@@H]([C@H](O[Si](CC)(CC)CC)[C@@]2(OC)C[C@H](O[Si](CC)(CC)CC)[C@@H](C)[C@@H](CCCC[P+](c3ccccc3)(c3ccccc3)c3ccccc3)O2)[C@H](C)[C@@H](O[Si](CC)(CC)CC)[C@@H]1O[Si](CC)(CC)CC)O[Si](C)(C)C(C)(C)C. The second kappa shape index (κ2) is 35.6. The molecule has 2 saturated heterocycles. The molecule has 2 heterocycles. The Kier molecular flexibility index (Phi) is 31.2. The Morgan fingerprint density at radius 2 is 1.04 bits per heavy atom. The molecule has 0 unspecified atom stereocenters. The van der Waals surface area contributed by atoms with Crippen LogP contribution >= 0.6 is 18.9 Å². The van der Waals surface area contributed by atoms with Crippen LogP contribution in [0.2, 0.25) is 90.7 Å². The van der Waals surface area contributed by atoms with Gasteiger partial charge in [-0.3, -0.25) is 0 Å². The van der Waals surface area contributed by atoms with Crippen LogP contribution in [0.25, 0.3) is 0 Å². The molecule has 2 fully saturated rings. The Hall–Kier alpha value is -1.64. The van der Waals surface area contributed by atoms with E-state index in [1.165, 1.54) is 15.9 Å². The summed E-state index contributed by atoms with van der Waals surface area (Å²) in [5.74, 6) is -1.27. The molecule has 0 spiro atoms. The maximum atomic E-state index is 8.28. The fourth-order valence-electron chi connectivity index (χ4n) is 14.7. The van der Waals surface area contributed by atoms with Crippen LogP contribution < -0.4 is 15.9 Å². The predicted molar refractivity (Wildman–Crippen MR) is 403 cm³/mol. The van der Waals surface area contributed by atoms with Crippen LogP contribution in [0.1, 0.15) is 156 Å². The highest BCUT2D eigenvalue weighted by molar-refractivity contribution is 7.95. The third kappa shape index (κ3) is 18.9. The predicted octanol–water partition coefficient (Wildman–Crippen LogP) is 20.9. The smallest absolute Gasteiger partial charge is 0.198 e. The zero-order chi connectivity index (χ0) is 66.8. The first-order chi connectivity index (χ1) is 42.7. The number of unbranched alkanes of at least 4 members (excludes halogenated alkanes) is 1. The Morgan fingerprint density at radius 3 is 1.46 bits per heavy atom. The number of halogens is 1. The third-order valence-corrected chi connectivity index (χ3v) is 50.7. The molecule has 0 bridgehead atoms. The molecule has 2 aliphatic rings. The minimum absolute atomic E-state index is 0.00370. The highest BCUT2D eigenvalue weighted by Gasteiger charge is 2.62. The molecular formula is C75H129ClO8PSi5+. The lowest BCUT2D eigenvalue weighted by molar-refractivity contribution is -0.353. The van der Waals surface area contributed by atoms with Gasteiger partial charge in [-0.2, -0.15) is 0 Å². The van der Waals surface area contributed by atoms with Crippen molar-refractivity contribution in [1.82, 2.24) is 0 Å². The van der Waals surface area contributed by atoms with E-state index in [4.69, 9.17) is 54.5 Å². The number of hydrogen-bond acceptors (Lipinski definition) is 8. The first-order valence-corrected chi connectivity index (χ1v) is 51.1. The van der Waals surface area contributed by atoms with Gasteiger partial charge in [0.2, 0.25) is 0 Å². The summed E-state index contributed by atoms with van der Waals surface area (Å²) >= 11 is 6.49. The molecule has 0 aromatic heterocycles. The van der Waals surface area contributed by atoms with Gasteiger partial charge in [-0.05, 0) is 165 Å². The molecule has 90 heavy (non-hydrogen) atoms. The summed E-state index contributed by atoms with van der Waals surface area (Å²) in [6, 6.07) is 46.2. The second-order valence-electron chi connectivity index (χ2n) is 28.5. The Balaban J connectivity index is 1.76. The zero-order valence-corrected chi connectivity index (χ0v) is 67.2. The van der Waals surface area contributed by atoms with Crippen molar-refractivity contribution >= 4 is 76.4 Å². The molecule has 3 aromatic rings. The molecule has 11 atom stereocenters. The minimum Gasteiger partial charge on any atom is -0.413 e. The standard InChI is InChI=1S/C75H129ClO8PSi5/c1-23-87(24-2,25-3)81-69-58-75(77-20,79-67(61(69)15)52-44-45-55-85(64-46-38-35-39-47-64,65-48-40-36-41-49-65)66-50-42-37-43-51-66)73(84-90(32-10,33-11)34-12)71-62(16)70(82-88(26-4,27-5)28-6)72(83-89(29-7,30-8)31-9)68(78-71)57-59(13)56-63(54-53-60(14)76)80-86(21,22)74(17,18)19/h35-43,46-51,53-54,61-63,67-73H,13-14,23-34,44-45,52,55-58H2,1-12,15-22H3/q+1/b54-53+/t61-,62+,63+,67+,68+,69-,70+,71+,72+,73-,75+/m0/s1. The van der Waals surface area contributed by atoms with E-state index in [0.29, 0.717) is 24.3 Å². The minimum atomic E-state index is -2.49. The van der Waals surface area contributed by atoms with Gasteiger partial charge in [0.15, 0.2) is 47.4 Å². The van der Waals surface area contributed by atoms with Crippen molar-refractivity contribution in [2.75, 3.05) is 13.3 Å². The number of allylic oxidation sites excluding steroid dienone is 2. The van der Waals surface area contributed by atoms with Gasteiger partial charge in [-0.25, -0.2) is 0 Å². The van der Waals surface area contributed by atoms with Crippen LogP contribution in [-0.4, -0.2) is 109 Å². The quantitative estimate of drug-likeness (QED) is 0.0184. The fourth-order valence-corrected chi connectivity index (χ4v) is 32.0. The Labute approximate surface area is 562 Å². The monoisotopic (exact) mass is 1360 g/mol. The molecular weight excluding hydrogens is 1240 g/mol. The number of methoxy groups -OCH3 is 1. The largest absolute Gasteiger partial charge is 0.413 e. The highest BCUT2D eigenvalue weighted by atomic mass is 35.5. The molecule has 2 aliphatic heterocycles. The summed E-state index contributed by atoms with van der Waals surface area (Å²) in [6.07, 6.45) is 6.93.